The van der Waals surface area contributed by atoms with Gasteiger partial charge in [0.25, 0.3) is 0 Å². The molecule has 1 aliphatic rings. The molecule has 4 rings (SSSR count). The molecule has 2 aromatic carbocycles. The smallest absolute Gasteiger partial charge is 0.241 e. The molecule has 1 fully saturated rings. The van der Waals surface area contributed by atoms with E-state index in [1.165, 1.54) is 0 Å². The van der Waals surface area contributed by atoms with Gasteiger partial charge in [-0.05, 0) is 62.7 Å². The van der Waals surface area contributed by atoms with Gasteiger partial charge >= 0.3 is 0 Å². The van der Waals surface area contributed by atoms with Gasteiger partial charge in [0.15, 0.2) is 0 Å². The van der Waals surface area contributed by atoms with Crippen molar-refractivity contribution in [3.8, 4) is 17.1 Å². The molecule has 1 atom stereocenters. The number of ether oxygens (including phenoxy) is 1. The average molecular weight is 441 g/mol. The predicted octanol–water partition coefficient (Wildman–Crippen LogP) is 4.64. The lowest BCUT2D eigenvalue weighted by Crippen LogP contribution is -2.40. The first-order valence-electron chi connectivity index (χ1n) is 10.5. The van der Waals surface area contributed by atoms with Crippen LogP contribution in [0.4, 0.5) is 5.69 Å². The molecule has 0 aliphatic carbocycles. The summed E-state index contributed by atoms with van der Waals surface area (Å²) in [6.07, 6.45) is 1.79. The Morgan fingerprint density at radius 2 is 2.13 bits per heavy atom. The summed E-state index contributed by atoms with van der Waals surface area (Å²) in [4.78, 5) is 19.5. The summed E-state index contributed by atoms with van der Waals surface area (Å²) in [6, 6.07) is 14.8. The van der Waals surface area contributed by atoms with E-state index in [9.17, 15) is 4.79 Å². The van der Waals surface area contributed by atoms with Crippen LogP contribution in [0.5, 0.6) is 5.75 Å². The number of hydrogen-bond donors (Lipinski definition) is 1. The van der Waals surface area contributed by atoms with Crippen molar-refractivity contribution in [3.05, 3.63) is 59.4 Å². The van der Waals surface area contributed by atoms with Crippen LogP contribution >= 0.6 is 11.6 Å². The van der Waals surface area contributed by atoms with E-state index >= 15 is 0 Å². The second-order valence-corrected chi connectivity index (χ2v) is 7.98. The minimum Gasteiger partial charge on any atom is -0.494 e. The number of carbonyl (C=O) groups excluding carboxylic acids is 1. The average Bonchev–Trinajstić information content (AvgIpc) is 3.23. The monoisotopic (exact) mass is 440 g/mol. The number of aromatic nitrogens is 2. The van der Waals surface area contributed by atoms with Gasteiger partial charge in [0, 0.05) is 28.9 Å². The summed E-state index contributed by atoms with van der Waals surface area (Å²) in [5.74, 6) is 1.75. The molecule has 0 radical (unpaired) electrons. The molecule has 8 heteroatoms. The third-order valence-corrected chi connectivity index (χ3v) is 5.47. The van der Waals surface area contributed by atoms with Crippen molar-refractivity contribution < 1.29 is 14.1 Å². The number of halogens is 1. The molecule has 0 spiro atoms. The SMILES string of the molecule is CCOc1cccc(NC(=O)C2CCCN(Cc3nc(-c4ccc(Cl)cc4)no3)C2)c1. The van der Waals surface area contributed by atoms with E-state index in [-0.39, 0.29) is 11.8 Å². The van der Waals surface area contributed by atoms with E-state index in [2.05, 4.69) is 20.4 Å². The van der Waals surface area contributed by atoms with Gasteiger partial charge in [0.1, 0.15) is 5.75 Å². The van der Waals surface area contributed by atoms with E-state index in [0.29, 0.717) is 36.4 Å². The fourth-order valence-electron chi connectivity index (χ4n) is 3.71. The molecule has 1 unspecified atom stereocenters. The minimum absolute atomic E-state index is 0.0192. The Bertz CT molecular complexity index is 1020. The van der Waals surface area contributed by atoms with E-state index in [0.717, 1.165) is 36.4 Å². The topological polar surface area (TPSA) is 80.5 Å². The molecule has 2 heterocycles. The van der Waals surface area contributed by atoms with Crippen molar-refractivity contribution in [2.45, 2.75) is 26.3 Å². The van der Waals surface area contributed by atoms with Crippen molar-refractivity contribution in [1.29, 1.82) is 0 Å². The number of nitrogens with zero attached hydrogens (tertiary/aromatic N) is 3. The molecular weight excluding hydrogens is 416 g/mol. The van der Waals surface area contributed by atoms with Gasteiger partial charge in [-0.25, -0.2) is 0 Å². The summed E-state index contributed by atoms with van der Waals surface area (Å²) in [5.41, 5.74) is 1.60. The Morgan fingerprint density at radius 1 is 1.29 bits per heavy atom. The number of amides is 1. The molecule has 31 heavy (non-hydrogen) atoms. The van der Waals surface area contributed by atoms with Gasteiger partial charge in [-0.15, -0.1) is 0 Å². The zero-order valence-electron chi connectivity index (χ0n) is 17.4. The molecule has 1 aliphatic heterocycles. The van der Waals surface area contributed by atoms with Crippen LogP contribution in [0.2, 0.25) is 5.02 Å². The van der Waals surface area contributed by atoms with Crippen LogP contribution in [0.1, 0.15) is 25.7 Å². The molecule has 3 aromatic rings. The molecule has 1 aromatic heterocycles. The predicted molar refractivity (Wildman–Crippen MR) is 119 cm³/mol. The van der Waals surface area contributed by atoms with Crippen molar-refractivity contribution >= 4 is 23.2 Å². The summed E-state index contributed by atoms with van der Waals surface area (Å²) < 4.78 is 10.9. The van der Waals surface area contributed by atoms with Gasteiger partial charge in [-0.2, -0.15) is 4.98 Å². The second kappa shape index (κ2) is 9.94. The zero-order chi connectivity index (χ0) is 21.6. The Hall–Kier alpha value is -2.90. The van der Waals surface area contributed by atoms with Crippen LogP contribution in [-0.4, -0.2) is 40.6 Å². The minimum atomic E-state index is -0.0943. The Balaban J connectivity index is 1.35. The standard InChI is InChI=1S/C23H25ClN4O3/c1-2-30-20-7-3-6-19(13-20)25-23(29)17-5-4-12-28(14-17)15-21-26-22(27-31-21)16-8-10-18(24)11-9-16/h3,6-11,13,17H,2,4-5,12,14-15H2,1H3,(H,25,29). The van der Waals surface area contributed by atoms with Crippen LogP contribution in [0, 0.1) is 5.92 Å². The van der Waals surface area contributed by atoms with Gasteiger partial charge in [-0.1, -0.05) is 22.8 Å². The molecule has 0 bridgehead atoms. The molecule has 1 saturated heterocycles. The van der Waals surface area contributed by atoms with Gasteiger partial charge in [0.2, 0.25) is 17.6 Å². The number of anilines is 1. The second-order valence-electron chi connectivity index (χ2n) is 7.54. The lowest BCUT2D eigenvalue weighted by Gasteiger charge is -2.30. The van der Waals surface area contributed by atoms with E-state index < -0.39 is 0 Å². The first kappa shape index (κ1) is 21.3. The zero-order valence-corrected chi connectivity index (χ0v) is 18.1. The maximum absolute atomic E-state index is 12.8. The molecular formula is C23H25ClN4O3. The van der Waals surface area contributed by atoms with Gasteiger partial charge in [-0.3, -0.25) is 9.69 Å². The fraction of sp³-hybridized carbons (Fsp3) is 0.348. The highest BCUT2D eigenvalue weighted by atomic mass is 35.5. The maximum Gasteiger partial charge on any atom is 0.241 e. The summed E-state index contributed by atoms with van der Waals surface area (Å²) in [6.45, 7) is 4.58. The molecule has 1 N–H and O–H groups in total. The van der Waals surface area contributed by atoms with Crippen molar-refractivity contribution in [1.82, 2.24) is 15.0 Å². The summed E-state index contributed by atoms with van der Waals surface area (Å²) >= 11 is 5.94. The highest BCUT2D eigenvalue weighted by Crippen LogP contribution is 2.23. The first-order chi connectivity index (χ1) is 15.1. The molecule has 0 saturated carbocycles. The number of nitrogens with one attached hydrogen (secondary N) is 1. The summed E-state index contributed by atoms with van der Waals surface area (Å²) in [7, 11) is 0. The van der Waals surface area contributed by atoms with Crippen molar-refractivity contribution in [2.75, 3.05) is 25.0 Å². The number of likely N-dealkylation sites (tertiary alicyclic amines) is 1. The van der Waals surface area contributed by atoms with E-state index in [1.807, 2.05) is 43.3 Å². The number of benzene rings is 2. The third kappa shape index (κ3) is 5.62. The first-order valence-corrected chi connectivity index (χ1v) is 10.8. The number of carbonyl (C=O) groups is 1. The van der Waals surface area contributed by atoms with Crippen LogP contribution < -0.4 is 10.1 Å². The fourth-order valence-corrected chi connectivity index (χ4v) is 3.84. The van der Waals surface area contributed by atoms with Crippen LogP contribution in [0.25, 0.3) is 11.4 Å². The van der Waals surface area contributed by atoms with Gasteiger partial charge in [0.05, 0.1) is 19.1 Å². The highest BCUT2D eigenvalue weighted by Gasteiger charge is 2.27. The quantitative estimate of drug-likeness (QED) is 0.576. The number of hydrogen-bond acceptors (Lipinski definition) is 6. The van der Waals surface area contributed by atoms with Crippen molar-refractivity contribution in [2.24, 2.45) is 5.92 Å². The van der Waals surface area contributed by atoms with Crippen LogP contribution in [0.15, 0.2) is 53.1 Å². The van der Waals surface area contributed by atoms with Gasteiger partial charge < -0.3 is 14.6 Å². The lowest BCUT2D eigenvalue weighted by atomic mass is 9.97. The van der Waals surface area contributed by atoms with E-state index in [1.54, 1.807) is 12.1 Å². The Kier molecular flexibility index (Phi) is 6.84. The molecule has 1 amide bonds. The normalized spacial score (nSPS) is 16.8. The Morgan fingerprint density at radius 3 is 2.94 bits per heavy atom. The van der Waals surface area contributed by atoms with Crippen molar-refractivity contribution in [3.63, 3.8) is 0 Å². The summed E-state index contributed by atoms with van der Waals surface area (Å²) in [5, 5.41) is 7.75. The molecule has 162 valence electrons. The van der Waals surface area contributed by atoms with Crippen LogP contribution in [-0.2, 0) is 11.3 Å². The third-order valence-electron chi connectivity index (χ3n) is 5.22. The highest BCUT2D eigenvalue weighted by molar-refractivity contribution is 6.30. The lowest BCUT2D eigenvalue weighted by molar-refractivity contribution is -0.121. The Labute approximate surface area is 186 Å². The molecule has 7 nitrogen and oxygen atoms in total. The largest absolute Gasteiger partial charge is 0.494 e. The number of rotatable bonds is 7. The van der Waals surface area contributed by atoms with E-state index in [4.69, 9.17) is 20.9 Å². The number of piperidine rings is 1. The van der Waals surface area contributed by atoms with Crippen LogP contribution in [0.3, 0.4) is 0 Å². The maximum atomic E-state index is 12.8.